The first-order valence-electron chi connectivity index (χ1n) is 27.0. The van der Waals surface area contributed by atoms with E-state index in [4.69, 9.17) is 9.05 Å². The van der Waals surface area contributed by atoms with E-state index in [0.29, 0.717) is 30.3 Å². The van der Waals surface area contributed by atoms with Crippen LogP contribution in [0.1, 0.15) is 239 Å². The number of phosphoric ester groups is 1. The van der Waals surface area contributed by atoms with E-state index in [9.17, 15) is 24.5 Å². The van der Waals surface area contributed by atoms with E-state index in [1.54, 1.807) is 0 Å². The number of rotatable bonds is 49. The third kappa shape index (κ3) is 47.3. The van der Waals surface area contributed by atoms with Gasteiger partial charge < -0.3 is 34.0 Å². The van der Waals surface area contributed by atoms with E-state index < -0.39 is 32.7 Å². The summed E-state index contributed by atoms with van der Waals surface area (Å²) in [6, 6.07) is -1.10. The minimum Gasteiger partial charge on any atom is -0.756 e. The Morgan fingerprint density at radius 3 is 1.38 bits per heavy atom. The molecule has 0 saturated heterocycles. The zero-order valence-corrected chi connectivity index (χ0v) is 43.9. The lowest BCUT2D eigenvalue weighted by Gasteiger charge is -2.31. The van der Waals surface area contributed by atoms with Gasteiger partial charge in [-0.3, -0.25) is 9.36 Å². The number of hydrogen-bond acceptors (Lipinski definition) is 7. The molecule has 382 valence electrons. The van der Waals surface area contributed by atoms with Crippen LogP contribution >= 0.6 is 7.82 Å². The van der Waals surface area contributed by atoms with Crippen LogP contribution in [0.3, 0.4) is 0 Å². The number of quaternary nitrogens is 1. The second-order valence-corrected chi connectivity index (χ2v) is 21.1. The Bertz CT molecular complexity index is 1220. The van der Waals surface area contributed by atoms with Crippen LogP contribution in [0.25, 0.3) is 0 Å². The molecule has 0 aliphatic heterocycles. The van der Waals surface area contributed by atoms with Crippen molar-refractivity contribution < 1.29 is 38.0 Å². The molecule has 0 saturated carbocycles. The van der Waals surface area contributed by atoms with Crippen LogP contribution in [0, 0.1) is 0 Å². The molecule has 65 heavy (non-hydrogen) atoms. The maximum absolute atomic E-state index is 13.0. The monoisotopic (exact) mass is 937 g/mol. The highest BCUT2D eigenvalue weighted by molar-refractivity contribution is 7.45. The lowest BCUT2D eigenvalue weighted by Crippen LogP contribution is -2.51. The summed E-state index contributed by atoms with van der Waals surface area (Å²) in [6.07, 6.45) is 56.3. The van der Waals surface area contributed by atoms with Gasteiger partial charge in [-0.05, 0) is 84.0 Å². The fourth-order valence-electron chi connectivity index (χ4n) is 7.88. The van der Waals surface area contributed by atoms with Gasteiger partial charge in [0.25, 0.3) is 7.82 Å². The molecule has 0 aromatic heterocycles. The van der Waals surface area contributed by atoms with Crippen LogP contribution in [-0.2, 0) is 18.4 Å². The number of phosphoric acid groups is 1. The van der Waals surface area contributed by atoms with E-state index in [1.165, 1.54) is 148 Å². The van der Waals surface area contributed by atoms with Crippen molar-refractivity contribution in [3.63, 3.8) is 0 Å². The van der Waals surface area contributed by atoms with Crippen LogP contribution < -0.4 is 10.2 Å². The predicted molar refractivity (Wildman–Crippen MR) is 276 cm³/mol. The number of likely N-dealkylation sites (N-methyl/N-ethyl adjacent to an activating group) is 1. The molecule has 1 amide bonds. The maximum atomic E-state index is 13.0. The Morgan fingerprint density at radius 1 is 0.569 bits per heavy atom. The van der Waals surface area contributed by atoms with Gasteiger partial charge in [0.15, 0.2) is 0 Å². The van der Waals surface area contributed by atoms with E-state index in [-0.39, 0.29) is 18.9 Å². The quantitative estimate of drug-likeness (QED) is 0.0240. The zero-order valence-electron chi connectivity index (χ0n) is 43.1. The van der Waals surface area contributed by atoms with Gasteiger partial charge in [0.2, 0.25) is 5.91 Å². The number of aliphatic hydroxyl groups is 2. The summed E-state index contributed by atoms with van der Waals surface area (Å²) >= 11 is 0. The first-order valence-corrected chi connectivity index (χ1v) is 28.5. The van der Waals surface area contributed by atoms with E-state index in [0.717, 1.165) is 51.4 Å². The summed E-state index contributed by atoms with van der Waals surface area (Å²) in [4.78, 5) is 25.5. The van der Waals surface area contributed by atoms with E-state index >= 15 is 0 Å². The van der Waals surface area contributed by atoms with Crippen molar-refractivity contribution in [2.75, 3.05) is 40.9 Å². The third-order valence-corrected chi connectivity index (χ3v) is 13.1. The van der Waals surface area contributed by atoms with Crippen LogP contribution in [0.4, 0.5) is 0 Å². The molecule has 0 rings (SSSR count). The molecule has 0 aliphatic carbocycles. The fourth-order valence-corrected chi connectivity index (χ4v) is 8.60. The van der Waals surface area contributed by atoms with Gasteiger partial charge in [-0.2, -0.15) is 0 Å². The first-order chi connectivity index (χ1) is 31.4. The average Bonchev–Trinajstić information content (AvgIpc) is 3.26. The van der Waals surface area contributed by atoms with Crippen molar-refractivity contribution in [3.05, 3.63) is 48.6 Å². The van der Waals surface area contributed by atoms with E-state index in [2.05, 4.69) is 60.8 Å². The summed E-state index contributed by atoms with van der Waals surface area (Å²) in [5.41, 5.74) is 0. The fraction of sp³-hybridized carbons (Fsp3) is 0.836. The summed E-state index contributed by atoms with van der Waals surface area (Å²) in [5, 5.41) is 24.6. The number of unbranched alkanes of at least 4 members (excludes halogenated alkanes) is 28. The van der Waals surface area contributed by atoms with Gasteiger partial charge in [0, 0.05) is 6.42 Å². The molecule has 0 aromatic carbocycles. The van der Waals surface area contributed by atoms with Crippen LogP contribution in [0.5, 0.6) is 0 Å². The van der Waals surface area contributed by atoms with Gasteiger partial charge >= 0.3 is 0 Å². The summed E-state index contributed by atoms with van der Waals surface area (Å²) < 4.78 is 23.2. The molecule has 4 atom stereocenters. The number of nitrogens with zero attached hydrogens (tertiary/aromatic N) is 1. The Morgan fingerprint density at radius 2 is 0.954 bits per heavy atom. The second-order valence-electron chi connectivity index (χ2n) is 19.7. The molecule has 0 bridgehead atoms. The lowest BCUT2D eigenvalue weighted by molar-refractivity contribution is -0.870. The largest absolute Gasteiger partial charge is 0.756 e. The topological polar surface area (TPSA) is 128 Å². The Kier molecular flexibility index (Phi) is 45.0. The molecule has 10 heteroatoms. The second kappa shape index (κ2) is 46.2. The maximum Gasteiger partial charge on any atom is 0.268 e. The van der Waals surface area contributed by atoms with Gasteiger partial charge in [-0.25, -0.2) is 0 Å². The normalized spacial score (nSPS) is 14.9. The summed E-state index contributed by atoms with van der Waals surface area (Å²) in [7, 11) is 1.09. The molecule has 0 aliphatic rings. The highest BCUT2D eigenvalue weighted by Gasteiger charge is 2.29. The van der Waals surface area contributed by atoms with Crippen LogP contribution in [0.15, 0.2) is 48.6 Å². The molecule has 0 radical (unpaired) electrons. The minimum atomic E-state index is -4.68. The molecule has 0 aromatic rings. The number of amides is 1. The molecule has 0 spiro atoms. The number of allylic oxidation sites excluding steroid dienone is 8. The smallest absolute Gasteiger partial charge is 0.268 e. The van der Waals surface area contributed by atoms with Crippen molar-refractivity contribution in [2.45, 2.75) is 257 Å². The molecule has 3 N–H and O–H groups in total. The standard InChI is InChI=1S/C55H105N2O7P/c1-6-8-10-12-14-16-18-20-21-22-23-24-25-26-27-28-29-30-31-32-33-34-35-36-38-40-42-44-46-48-54(59)56-52(51-64-65(61,62)63-50-49-57(3,4)5)55(60)53(58)47-45-43-41-39-37-19-17-15-13-11-9-7-2/h7,9,15,17,22-23,39,41,52-53,55,58,60H,6,8,10-14,16,18-21,24-38,40,42-51H2,1-5H3,(H-,56,59,61,62)/b9-7+,17-15+,23-22-,41-39+. The van der Waals surface area contributed by atoms with Crippen LogP contribution in [-0.4, -0.2) is 79.8 Å². The number of carbonyl (C=O) groups is 1. The lowest BCUT2D eigenvalue weighted by atomic mass is 10.0. The van der Waals surface area contributed by atoms with Crippen molar-refractivity contribution in [2.24, 2.45) is 0 Å². The summed E-state index contributed by atoms with van der Waals surface area (Å²) in [5.74, 6) is -0.293. The molecular weight excluding hydrogens is 832 g/mol. The van der Waals surface area contributed by atoms with Gasteiger partial charge in [-0.1, -0.05) is 197 Å². The van der Waals surface area contributed by atoms with Crippen molar-refractivity contribution in [1.82, 2.24) is 5.32 Å². The van der Waals surface area contributed by atoms with E-state index in [1.807, 2.05) is 28.1 Å². The molecule has 9 nitrogen and oxygen atoms in total. The number of nitrogens with one attached hydrogen (secondary N) is 1. The number of hydrogen-bond donors (Lipinski definition) is 3. The Balaban J connectivity index is 4.17. The van der Waals surface area contributed by atoms with Gasteiger partial charge in [0.1, 0.15) is 19.3 Å². The van der Waals surface area contributed by atoms with Crippen molar-refractivity contribution in [3.8, 4) is 0 Å². The zero-order chi connectivity index (χ0) is 48.0. The van der Waals surface area contributed by atoms with Gasteiger partial charge in [0.05, 0.1) is 39.9 Å². The summed E-state index contributed by atoms with van der Waals surface area (Å²) in [6.45, 7) is 4.20. The van der Waals surface area contributed by atoms with Crippen molar-refractivity contribution >= 4 is 13.7 Å². The average molecular weight is 937 g/mol. The molecular formula is C55H105N2O7P. The number of carbonyl (C=O) groups excluding carboxylic acids is 1. The highest BCUT2D eigenvalue weighted by atomic mass is 31.2. The molecule has 0 heterocycles. The SMILES string of the molecule is C/C=C/CC/C=C/CC/C=C/CCCC(O)C(O)C(COP(=O)([O-])OCC[N+](C)(C)C)NC(=O)CCCCCCCCCCCCCCCCCCC/C=C\CCCCCCCCCC. The predicted octanol–water partition coefficient (Wildman–Crippen LogP) is 14.3. The van der Waals surface area contributed by atoms with Crippen molar-refractivity contribution in [1.29, 1.82) is 0 Å². The van der Waals surface area contributed by atoms with Gasteiger partial charge in [-0.15, -0.1) is 0 Å². The highest BCUT2D eigenvalue weighted by Crippen LogP contribution is 2.38. The first kappa shape index (κ1) is 63.4. The number of aliphatic hydroxyl groups excluding tert-OH is 2. The van der Waals surface area contributed by atoms with Crippen LogP contribution in [0.2, 0.25) is 0 Å². The molecule has 4 unspecified atom stereocenters. The Hall–Kier alpha value is -1.58. The minimum absolute atomic E-state index is 0.0503. The Labute approximate surface area is 402 Å². The molecule has 0 fully saturated rings. The third-order valence-electron chi connectivity index (χ3n) is 12.2.